The summed E-state index contributed by atoms with van der Waals surface area (Å²) in [6.45, 7) is 8.10. The zero-order valence-corrected chi connectivity index (χ0v) is 13.3. The first-order valence-electron chi connectivity index (χ1n) is 7.33. The van der Waals surface area contributed by atoms with Crippen LogP contribution in [0, 0.1) is 11.3 Å². The van der Waals surface area contributed by atoms with Crippen LogP contribution in [0.25, 0.3) is 0 Å². The van der Waals surface area contributed by atoms with Crippen LogP contribution in [0.2, 0.25) is 0 Å². The number of benzene rings is 1. The van der Waals surface area contributed by atoms with Gasteiger partial charge in [0.2, 0.25) is 5.91 Å². The van der Waals surface area contributed by atoms with Crippen molar-refractivity contribution in [3.05, 3.63) is 29.8 Å². The van der Waals surface area contributed by atoms with E-state index < -0.39 is 11.4 Å². The predicted octanol–water partition coefficient (Wildman–Crippen LogP) is 3.71. The van der Waals surface area contributed by atoms with Gasteiger partial charge in [0.1, 0.15) is 0 Å². The number of nitrogens with one attached hydrogen (secondary N) is 1. The summed E-state index contributed by atoms with van der Waals surface area (Å²) in [5, 5.41) is 11.6. The number of carbonyl (C=O) groups excluding carboxylic acids is 1. The van der Waals surface area contributed by atoms with E-state index in [1.54, 1.807) is 0 Å². The molecule has 2 N–H and O–H groups in total. The summed E-state index contributed by atoms with van der Waals surface area (Å²) in [7, 11) is 0. The summed E-state index contributed by atoms with van der Waals surface area (Å²) >= 11 is 0. The van der Waals surface area contributed by atoms with E-state index in [1.165, 1.54) is 0 Å². The van der Waals surface area contributed by atoms with Gasteiger partial charge in [0.15, 0.2) is 0 Å². The van der Waals surface area contributed by atoms with E-state index in [4.69, 9.17) is 5.11 Å². The van der Waals surface area contributed by atoms with Crippen molar-refractivity contribution in [2.24, 2.45) is 11.3 Å². The highest BCUT2D eigenvalue weighted by Gasteiger charge is 2.28. The number of aliphatic carboxylic acids is 1. The maximum absolute atomic E-state index is 12.3. The number of aryl methyl sites for hydroxylation is 1. The SMILES string of the molecule is CC(C)CC(C)(C)C(=O)Nc1ccc(CCC(=O)O)cc1. The lowest BCUT2D eigenvalue weighted by Crippen LogP contribution is -2.32. The number of carbonyl (C=O) groups is 2. The zero-order valence-electron chi connectivity index (χ0n) is 13.3. The molecular formula is C17H25NO3. The smallest absolute Gasteiger partial charge is 0.303 e. The molecule has 1 aromatic carbocycles. The number of amides is 1. The molecule has 1 amide bonds. The lowest BCUT2D eigenvalue weighted by Gasteiger charge is -2.25. The molecule has 1 aromatic rings. The Labute approximate surface area is 126 Å². The molecule has 0 radical (unpaired) electrons. The van der Waals surface area contributed by atoms with Gasteiger partial charge in [0.05, 0.1) is 0 Å². The maximum Gasteiger partial charge on any atom is 0.303 e. The maximum atomic E-state index is 12.3. The van der Waals surface area contributed by atoms with Crippen molar-refractivity contribution in [1.29, 1.82) is 0 Å². The van der Waals surface area contributed by atoms with Gasteiger partial charge in [-0.1, -0.05) is 39.8 Å². The predicted molar refractivity (Wildman–Crippen MR) is 84.3 cm³/mol. The van der Waals surface area contributed by atoms with E-state index in [1.807, 2.05) is 38.1 Å². The number of hydrogen-bond acceptors (Lipinski definition) is 2. The third-order valence-corrected chi connectivity index (χ3v) is 3.37. The molecule has 4 nitrogen and oxygen atoms in total. The summed E-state index contributed by atoms with van der Waals surface area (Å²) in [6, 6.07) is 7.35. The fourth-order valence-electron chi connectivity index (χ4n) is 2.42. The second-order valence-corrected chi connectivity index (χ2v) is 6.53. The highest BCUT2D eigenvalue weighted by atomic mass is 16.4. The molecule has 0 aromatic heterocycles. The lowest BCUT2D eigenvalue weighted by atomic mass is 9.83. The number of anilines is 1. The average molecular weight is 291 g/mol. The van der Waals surface area contributed by atoms with Gasteiger partial charge in [-0.15, -0.1) is 0 Å². The van der Waals surface area contributed by atoms with Crippen LogP contribution < -0.4 is 5.32 Å². The van der Waals surface area contributed by atoms with Crippen LogP contribution in [-0.2, 0) is 16.0 Å². The van der Waals surface area contributed by atoms with Crippen molar-refractivity contribution in [2.45, 2.75) is 47.0 Å². The van der Waals surface area contributed by atoms with Crippen LogP contribution in [0.4, 0.5) is 5.69 Å². The highest BCUT2D eigenvalue weighted by Crippen LogP contribution is 2.27. The van der Waals surface area contributed by atoms with Gasteiger partial charge in [0.25, 0.3) is 0 Å². The Balaban J connectivity index is 2.63. The molecule has 0 unspecified atom stereocenters. The van der Waals surface area contributed by atoms with Gasteiger partial charge >= 0.3 is 5.97 Å². The van der Waals surface area contributed by atoms with E-state index in [2.05, 4.69) is 19.2 Å². The Morgan fingerprint density at radius 3 is 2.24 bits per heavy atom. The van der Waals surface area contributed by atoms with E-state index in [9.17, 15) is 9.59 Å². The molecule has 116 valence electrons. The standard InChI is InChI=1S/C17H25NO3/c1-12(2)11-17(3,4)16(21)18-14-8-5-13(6-9-14)7-10-15(19)20/h5-6,8-9,12H,7,10-11H2,1-4H3,(H,18,21)(H,19,20). The second-order valence-electron chi connectivity index (χ2n) is 6.53. The summed E-state index contributed by atoms with van der Waals surface area (Å²) in [4.78, 5) is 22.8. The van der Waals surface area contributed by atoms with Gasteiger partial charge in [-0.3, -0.25) is 9.59 Å². The number of carboxylic acid groups (broad SMARTS) is 1. The summed E-state index contributed by atoms with van der Waals surface area (Å²) < 4.78 is 0. The monoisotopic (exact) mass is 291 g/mol. The first-order chi connectivity index (χ1) is 9.70. The number of rotatable bonds is 7. The zero-order chi connectivity index (χ0) is 16.0. The minimum Gasteiger partial charge on any atom is -0.481 e. The van der Waals surface area contributed by atoms with Crippen LogP contribution in [0.5, 0.6) is 0 Å². The molecule has 0 heterocycles. The third-order valence-electron chi connectivity index (χ3n) is 3.37. The van der Waals surface area contributed by atoms with E-state index in [0.29, 0.717) is 12.3 Å². The second kappa shape index (κ2) is 7.25. The Kier molecular flexibility index (Phi) is 5.94. The molecular weight excluding hydrogens is 266 g/mol. The molecule has 0 saturated carbocycles. The Morgan fingerprint density at radius 1 is 1.19 bits per heavy atom. The Bertz CT molecular complexity index is 489. The molecule has 4 heteroatoms. The molecule has 0 aliphatic heterocycles. The summed E-state index contributed by atoms with van der Waals surface area (Å²) in [6.07, 6.45) is 1.45. The van der Waals surface area contributed by atoms with E-state index in [-0.39, 0.29) is 12.3 Å². The van der Waals surface area contributed by atoms with Crippen molar-refractivity contribution in [1.82, 2.24) is 0 Å². The highest BCUT2D eigenvalue weighted by molar-refractivity contribution is 5.94. The molecule has 1 rings (SSSR count). The topological polar surface area (TPSA) is 66.4 Å². The van der Waals surface area contributed by atoms with Gasteiger partial charge in [-0.25, -0.2) is 0 Å². The summed E-state index contributed by atoms with van der Waals surface area (Å²) in [5.74, 6) is -0.332. The van der Waals surface area contributed by atoms with E-state index >= 15 is 0 Å². The van der Waals surface area contributed by atoms with Gasteiger partial charge in [-0.05, 0) is 36.5 Å². The molecule has 0 atom stereocenters. The van der Waals surface area contributed by atoms with Crippen LogP contribution in [-0.4, -0.2) is 17.0 Å². The van der Waals surface area contributed by atoms with E-state index in [0.717, 1.165) is 17.7 Å². The Hall–Kier alpha value is -1.84. The van der Waals surface area contributed by atoms with Crippen molar-refractivity contribution >= 4 is 17.6 Å². The van der Waals surface area contributed by atoms with Gasteiger partial charge in [-0.2, -0.15) is 0 Å². The normalized spacial score (nSPS) is 11.5. The Morgan fingerprint density at radius 2 is 1.76 bits per heavy atom. The first kappa shape index (κ1) is 17.2. The average Bonchev–Trinajstić information content (AvgIpc) is 2.36. The molecule has 0 bridgehead atoms. The minimum atomic E-state index is -0.803. The largest absolute Gasteiger partial charge is 0.481 e. The quantitative estimate of drug-likeness (QED) is 0.804. The van der Waals surface area contributed by atoms with Gasteiger partial charge in [0, 0.05) is 17.5 Å². The molecule has 0 fully saturated rings. The van der Waals surface area contributed by atoms with Gasteiger partial charge < -0.3 is 10.4 Å². The van der Waals surface area contributed by atoms with Crippen LogP contribution >= 0.6 is 0 Å². The van der Waals surface area contributed by atoms with Crippen molar-refractivity contribution in [3.63, 3.8) is 0 Å². The fraction of sp³-hybridized carbons (Fsp3) is 0.529. The summed E-state index contributed by atoms with van der Waals surface area (Å²) in [5.41, 5.74) is 1.30. The number of carboxylic acids is 1. The van der Waals surface area contributed by atoms with Crippen LogP contribution in [0.15, 0.2) is 24.3 Å². The number of hydrogen-bond donors (Lipinski definition) is 2. The fourth-order valence-corrected chi connectivity index (χ4v) is 2.42. The molecule has 0 aliphatic rings. The minimum absolute atomic E-state index is 0.00878. The van der Waals surface area contributed by atoms with Crippen LogP contribution in [0.1, 0.15) is 46.1 Å². The van der Waals surface area contributed by atoms with Crippen LogP contribution in [0.3, 0.4) is 0 Å². The molecule has 0 spiro atoms. The molecule has 0 saturated heterocycles. The first-order valence-corrected chi connectivity index (χ1v) is 7.33. The molecule has 21 heavy (non-hydrogen) atoms. The third kappa shape index (κ3) is 5.98. The van der Waals surface area contributed by atoms with Crippen molar-refractivity contribution in [2.75, 3.05) is 5.32 Å². The molecule has 0 aliphatic carbocycles. The lowest BCUT2D eigenvalue weighted by molar-refractivity contribution is -0.137. The van der Waals surface area contributed by atoms with Crippen molar-refractivity contribution < 1.29 is 14.7 Å². The van der Waals surface area contributed by atoms with Crippen molar-refractivity contribution in [3.8, 4) is 0 Å².